The van der Waals surface area contributed by atoms with E-state index in [9.17, 15) is 0 Å². The number of para-hydroxylation sites is 2. The molecule has 0 aliphatic carbocycles. The first kappa shape index (κ1) is 13.8. The van der Waals surface area contributed by atoms with Crippen molar-refractivity contribution in [1.82, 2.24) is 0 Å². The first-order valence-corrected chi connectivity index (χ1v) is 6.14. The molecule has 0 spiro atoms. The van der Waals surface area contributed by atoms with E-state index in [0.717, 1.165) is 17.9 Å². The zero-order chi connectivity index (χ0) is 12.7. The van der Waals surface area contributed by atoms with Gasteiger partial charge in [-0.2, -0.15) is 0 Å². The second kappa shape index (κ2) is 6.50. The molecule has 3 nitrogen and oxygen atoms in total. The molecular weight excluding hydrogens is 214 g/mol. The van der Waals surface area contributed by atoms with Gasteiger partial charge in [0, 0.05) is 0 Å². The highest BCUT2D eigenvalue weighted by Crippen LogP contribution is 2.27. The van der Waals surface area contributed by atoms with E-state index in [2.05, 4.69) is 13.8 Å². The number of rotatable bonds is 7. The average Bonchev–Trinajstić information content (AvgIpc) is 2.31. The van der Waals surface area contributed by atoms with Crippen molar-refractivity contribution in [1.29, 1.82) is 0 Å². The zero-order valence-electron chi connectivity index (χ0n) is 11.0. The Labute approximate surface area is 104 Å². The zero-order valence-corrected chi connectivity index (χ0v) is 11.0. The van der Waals surface area contributed by atoms with Gasteiger partial charge in [-0.25, -0.2) is 0 Å². The fourth-order valence-corrected chi connectivity index (χ4v) is 1.38. The van der Waals surface area contributed by atoms with E-state index in [1.165, 1.54) is 0 Å². The summed E-state index contributed by atoms with van der Waals surface area (Å²) < 4.78 is 11.2. The van der Waals surface area contributed by atoms with Crippen LogP contribution >= 0.6 is 0 Å². The molecule has 1 aromatic rings. The van der Waals surface area contributed by atoms with E-state index < -0.39 is 0 Å². The van der Waals surface area contributed by atoms with E-state index in [1.54, 1.807) is 0 Å². The van der Waals surface area contributed by atoms with E-state index in [0.29, 0.717) is 19.8 Å². The van der Waals surface area contributed by atoms with Crippen molar-refractivity contribution >= 4 is 0 Å². The van der Waals surface area contributed by atoms with Crippen LogP contribution in [0.4, 0.5) is 0 Å². The van der Waals surface area contributed by atoms with E-state index in [4.69, 9.17) is 15.2 Å². The highest BCUT2D eigenvalue weighted by atomic mass is 16.5. The Hall–Kier alpha value is -1.22. The lowest BCUT2D eigenvalue weighted by Crippen LogP contribution is -2.25. The summed E-state index contributed by atoms with van der Waals surface area (Å²) in [6.07, 6.45) is 0.934. The highest BCUT2D eigenvalue weighted by molar-refractivity contribution is 5.39. The number of benzene rings is 1. The van der Waals surface area contributed by atoms with Crippen molar-refractivity contribution in [3.05, 3.63) is 24.3 Å². The Kier molecular flexibility index (Phi) is 5.29. The predicted octanol–water partition coefficient (Wildman–Crippen LogP) is 2.84. The third-order valence-corrected chi connectivity index (χ3v) is 2.74. The topological polar surface area (TPSA) is 44.5 Å². The summed E-state index contributed by atoms with van der Waals surface area (Å²) in [5, 5.41) is 0. The van der Waals surface area contributed by atoms with Crippen molar-refractivity contribution < 1.29 is 9.47 Å². The van der Waals surface area contributed by atoms with Crippen molar-refractivity contribution in [3.63, 3.8) is 0 Å². The monoisotopic (exact) mass is 237 g/mol. The van der Waals surface area contributed by atoms with Crippen LogP contribution in [-0.4, -0.2) is 19.8 Å². The summed E-state index contributed by atoms with van der Waals surface area (Å²) in [5.41, 5.74) is 5.81. The molecule has 0 atom stereocenters. The summed E-state index contributed by atoms with van der Waals surface area (Å²) in [4.78, 5) is 0. The molecule has 1 aromatic carbocycles. The Morgan fingerprint density at radius 2 is 1.71 bits per heavy atom. The lowest BCUT2D eigenvalue weighted by atomic mass is 9.90. The van der Waals surface area contributed by atoms with Crippen molar-refractivity contribution in [2.24, 2.45) is 11.1 Å². The standard InChI is InChI=1S/C14H23NO2/c1-4-16-12-7-5-6-8-13(12)17-10-9-14(2,3)11-15/h5-8H,4,9-11,15H2,1-3H3. The Morgan fingerprint density at radius 3 is 2.24 bits per heavy atom. The minimum Gasteiger partial charge on any atom is -0.490 e. The van der Waals surface area contributed by atoms with Crippen LogP contribution in [-0.2, 0) is 0 Å². The molecule has 0 aliphatic heterocycles. The number of nitrogens with two attached hydrogens (primary N) is 1. The van der Waals surface area contributed by atoms with Gasteiger partial charge in [-0.15, -0.1) is 0 Å². The quantitative estimate of drug-likeness (QED) is 0.793. The molecule has 0 aromatic heterocycles. The lowest BCUT2D eigenvalue weighted by molar-refractivity contribution is 0.222. The molecule has 1 rings (SSSR count). The van der Waals surface area contributed by atoms with Crippen molar-refractivity contribution in [2.45, 2.75) is 27.2 Å². The van der Waals surface area contributed by atoms with Gasteiger partial charge in [0.25, 0.3) is 0 Å². The Morgan fingerprint density at radius 1 is 1.12 bits per heavy atom. The van der Waals surface area contributed by atoms with Gasteiger partial charge in [-0.3, -0.25) is 0 Å². The normalized spacial score (nSPS) is 11.3. The van der Waals surface area contributed by atoms with Crippen LogP contribution in [0.3, 0.4) is 0 Å². The molecule has 0 saturated heterocycles. The van der Waals surface area contributed by atoms with Crippen LogP contribution in [0.2, 0.25) is 0 Å². The Bertz CT molecular complexity index is 337. The van der Waals surface area contributed by atoms with Crippen LogP contribution in [0.15, 0.2) is 24.3 Å². The van der Waals surface area contributed by atoms with Gasteiger partial charge in [0.05, 0.1) is 13.2 Å². The SMILES string of the molecule is CCOc1ccccc1OCCC(C)(C)CN. The first-order chi connectivity index (χ1) is 8.09. The molecule has 0 bridgehead atoms. The largest absolute Gasteiger partial charge is 0.490 e. The summed E-state index contributed by atoms with van der Waals surface area (Å²) in [6, 6.07) is 7.75. The maximum atomic E-state index is 5.75. The first-order valence-electron chi connectivity index (χ1n) is 6.14. The van der Waals surface area contributed by atoms with Gasteiger partial charge in [-0.1, -0.05) is 26.0 Å². The second-order valence-electron chi connectivity index (χ2n) is 4.85. The predicted molar refractivity (Wildman–Crippen MR) is 70.6 cm³/mol. The Balaban J connectivity index is 2.51. The van der Waals surface area contributed by atoms with Crippen LogP contribution < -0.4 is 15.2 Å². The molecule has 0 aliphatic rings. The molecule has 2 N–H and O–H groups in total. The molecule has 0 fully saturated rings. The van der Waals surface area contributed by atoms with Gasteiger partial charge >= 0.3 is 0 Å². The molecule has 0 radical (unpaired) electrons. The van der Waals surface area contributed by atoms with Gasteiger partial charge in [0.1, 0.15) is 0 Å². The molecule has 0 heterocycles. The fraction of sp³-hybridized carbons (Fsp3) is 0.571. The minimum absolute atomic E-state index is 0.126. The van der Waals surface area contributed by atoms with Crippen LogP contribution in [0, 0.1) is 5.41 Å². The summed E-state index contributed by atoms with van der Waals surface area (Å²) >= 11 is 0. The minimum atomic E-state index is 0.126. The molecule has 0 amide bonds. The smallest absolute Gasteiger partial charge is 0.161 e. The van der Waals surface area contributed by atoms with E-state index in [1.807, 2.05) is 31.2 Å². The van der Waals surface area contributed by atoms with Crippen molar-refractivity contribution in [3.8, 4) is 11.5 Å². The van der Waals surface area contributed by atoms with E-state index in [-0.39, 0.29) is 5.41 Å². The molecule has 17 heavy (non-hydrogen) atoms. The maximum Gasteiger partial charge on any atom is 0.161 e. The lowest BCUT2D eigenvalue weighted by Gasteiger charge is -2.22. The maximum absolute atomic E-state index is 5.75. The fourth-order valence-electron chi connectivity index (χ4n) is 1.38. The molecule has 0 unspecified atom stereocenters. The molecule has 0 saturated carbocycles. The van der Waals surface area contributed by atoms with Gasteiger partial charge in [0.15, 0.2) is 11.5 Å². The molecular formula is C14H23NO2. The highest BCUT2D eigenvalue weighted by Gasteiger charge is 2.15. The van der Waals surface area contributed by atoms with Crippen LogP contribution in [0.5, 0.6) is 11.5 Å². The molecule has 3 heteroatoms. The second-order valence-corrected chi connectivity index (χ2v) is 4.85. The average molecular weight is 237 g/mol. The van der Waals surface area contributed by atoms with Crippen molar-refractivity contribution in [2.75, 3.05) is 19.8 Å². The van der Waals surface area contributed by atoms with E-state index >= 15 is 0 Å². The van der Waals surface area contributed by atoms with Crippen LogP contribution in [0.25, 0.3) is 0 Å². The van der Waals surface area contributed by atoms with Crippen LogP contribution in [0.1, 0.15) is 27.2 Å². The van der Waals surface area contributed by atoms with Gasteiger partial charge in [0.2, 0.25) is 0 Å². The molecule has 96 valence electrons. The number of hydrogen-bond donors (Lipinski definition) is 1. The summed E-state index contributed by atoms with van der Waals surface area (Å²) in [6.45, 7) is 8.23. The third kappa shape index (κ3) is 4.65. The number of hydrogen-bond acceptors (Lipinski definition) is 3. The third-order valence-electron chi connectivity index (χ3n) is 2.74. The summed E-state index contributed by atoms with van der Waals surface area (Å²) in [5.74, 6) is 1.61. The van der Waals surface area contributed by atoms with Gasteiger partial charge < -0.3 is 15.2 Å². The number of ether oxygens (including phenoxy) is 2. The summed E-state index contributed by atoms with van der Waals surface area (Å²) in [7, 11) is 0. The van der Waals surface area contributed by atoms with Gasteiger partial charge in [-0.05, 0) is 37.4 Å².